The molecule has 0 spiro atoms. The Morgan fingerprint density at radius 3 is 2.46 bits per heavy atom. The zero-order chi connectivity index (χ0) is 34.0. The highest BCUT2D eigenvalue weighted by atomic mass is 33.1. The lowest BCUT2D eigenvalue weighted by atomic mass is 9.89. The van der Waals surface area contributed by atoms with Crippen LogP contribution in [0.4, 0.5) is 5.69 Å². The number of nitrogens with one attached hydrogen (secondary N) is 3. The molecule has 1 aromatic heterocycles. The Morgan fingerprint density at radius 2 is 1.71 bits per heavy atom. The molecule has 2 aromatic carbocycles. The first-order chi connectivity index (χ1) is 23.2. The number of hydrogen-bond donors (Lipinski definition) is 4. The summed E-state index contributed by atoms with van der Waals surface area (Å²) in [5, 5.41) is 26.1. The van der Waals surface area contributed by atoms with Crippen molar-refractivity contribution >= 4 is 56.0 Å². The van der Waals surface area contributed by atoms with E-state index >= 15 is 0 Å². The molecular formula is C36H37N5O5S2. The molecule has 0 saturated carbocycles. The normalized spacial score (nSPS) is 11.0. The molecule has 1 aliphatic carbocycles. The van der Waals surface area contributed by atoms with Crippen molar-refractivity contribution in [2.75, 3.05) is 37.8 Å². The number of fused-ring (bicyclic) bond motifs is 2. The van der Waals surface area contributed by atoms with E-state index in [-0.39, 0.29) is 28.3 Å². The van der Waals surface area contributed by atoms with Crippen LogP contribution in [-0.4, -0.2) is 60.8 Å². The molecule has 12 heteroatoms. The maximum atomic E-state index is 13.0. The van der Waals surface area contributed by atoms with Gasteiger partial charge in [-0.15, -0.1) is 0 Å². The zero-order valence-corrected chi connectivity index (χ0v) is 28.4. The molecule has 2 amide bonds. The second-order valence-electron chi connectivity index (χ2n) is 11.3. The van der Waals surface area contributed by atoms with Crippen molar-refractivity contribution in [3.8, 4) is 22.5 Å². The summed E-state index contributed by atoms with van der Waals surface area (Å²) in [5.41, 5.74) is 3.50. The number of pyridine rings is 1. The van der Waals surface area contributed by atoms with Gasteiger partial charge in [0.25, 0.3) is 5.91 Å². The van der Waals surface area contributed by atoms with Crippen LogP contribution in [0.25, 0.3) is 33.4 Å². The van der Waals surface area contributed by atoms with Gasteiger partial charge in [0, 0.05) is 85.5 Å². The van der Waals surface area contributed by atoms with Crippen molar-refractivity contribution < 1.29 is 23.9 Å². The number of amides is 2. The van der Waals surface area contributed by atoms with Gasteiger partial charge in [0.2, 0.25) is 5.91 Å². The van der Waals surface area contributed by atoms with E-state index in [1.807, 2.05) is 55.4 Å². The quantitative estimate of drug-likeness (QED) is 0.0538. The first-order valence-electron chi connectivity index (χ1n) is 15.6. The lowest BCUT2D eigenvalue weighted by Crippen LogP contribution is -2.26. The summed E-state index contributed by atoms with van der Waals surface area (Å²) in [6.07, 6.45) is 4.51. The summed E-state index contributed by atoms with van der Waals surface area (Å²) in [4.78, 5) is 43.9. The first kappa shape index (κ1) is 34.5. The highest BCUT2D eigenvalue weighted by Gasteiger charge is 2.23. The maximum Gasteiger partial charge on any atom is 0.336 e. The maximum absolute atomic E-state index is 13.0. The van der Waals surface area contributed by atoms with Crippen molar-refractivity contribution in [2.45, 2.75) is 30.7 Å². The number of aromatic carboxylic acids is 1. The minimum Gasteiger partial charge on any atom is -0.478 e. The van der Waals surface area contributed by atoms with Gasteiger partial charge in [0.05, 0.1) is 10.9 Å². The van der Waals surface area contributed by atoms with Crippen LogP contribution in [0.1, 0.15) is 46.4 Å². The molecule has 48 heavy (non-hydrogen) atoms. The summed E-state index contributed by atoms with van der Waals surface area (Å²) in [6.45, 7) is 1.00. The summed E-state index contributed by atoms with van der Waals surface area (Å²) in [5.74, 6) is -0.335. The average Bonchev–Trinajstić information content (AvgIpc) is 3.08. The molecule has 1 aliphatic heterocycles. The summed E-state index contributed by atoms with van der Waals surface area (Å²) in [7, 11) is 7.00. The molecule has 2 aliphatic rings. The number of unbranched alkanes of at least 4 members (excludes halogenated alkanes) is 2. The Kier molecular flexibility index (Phi) is 11.8. The van der Waals surface area contributed by atoms with Crippen molar-refractivity contribution in [3.63, 3.8) is 0 Å². The largest absolute Gasteiger partial charge is 0.478 e. The van der Waals surface area contributed by atoms with Crippen LogP contribution < -0.4 is 20.9 Å². The van der Waals surface area contributed by atoms with Crippen molar-refractivity contribution in [1.82, 2.24) is 15.6 Å². The molecule has 248 valence electrons. The highest BCUT2D eigenvalue weighted by Crippen LogP contribution is 2.42. The van der Waals surface area contributed by atoms with E-state index in [1.54, 1.807) is 58.1 Å². The fourth-order valence-electron chi connectivity index (χ4n) is 5.21. The molecule has 0 atom stereocenters. The summed E-state index contributed by atoms with van der Waals surface area (Å²) < 4.78 is 6.18. The Hall–Kier alpha value is -4.81. The average molecular weight is 684 g/mol. The van der Waals surface area contributed by atoms with Crippen molar-refractivity contribution in [3.05, 3.63) is 95.5 Å². The number of aromatic nitrogens is 1. The Bertz CT molecular complexity index is 1950. The molecule has 0 bridgehead atoms. The van der Waals surface area contributed by atoms with Gasteiger partial charge in [-0.3, -0.25) is 9.59 Å². The van der Waals surface area contributed by atoms with Gasteiger partial charge in [-0.05, 0) is 84.2 Å². The van der Waals surface area contributed by atoms with Crippen molar-refractivity contribution in [1.29, 1.82) is 5.41 Å². The third-order valence-electron chi connectivity index (χ3n) is 7.66. The lowest BCUT2D eigenvalue weighted by Gasteiger charge is -2.19. The second kappa shape index (κ2) is 16.3. The number of rotatable bonds is 15. The number of carboxylic acid groups (broad SMARTS) is 1. The summed E-state index contributed by atoms with van der Waals surface area (Å²) in [6, 6.07) is 21.2. The fourth-order valence-corrected chi connectivity index (χ4v) is 7.08. The van der Waals surface area contributed by atoms with Gasteiger partial charge in [-0.2, -0.15) is 0 Å². The first-order valence-corrected chi connectivity index (χ1v) is 17.9. The van der Waals surface area contributed by atoms with E-state index in [1.165, 1.54) is 6.07 Å². The third-order valence-corrected chi connectivity index (χ3v) is 9.93. The smallest absolute Gasteiger partial charge is 0.336 e. The molecule has 4 N–H and O–H groups in total. The molecule has 10 nitrogen and oxygen atoms in total. The van der Waals surface area contributed by atoms with Crippen LogP contribution in [0.3, 0.4) is 0 Å². The monoisotopic (exact) mass is 683 g/mol. The standard InChI is InChI=1S/C36H37N5O5S2/c1-41(2)25-11-14-28-31(22-25)46-30-21-24(37)10-13-27(30)34(28)26-12-9-23(20-29(26)36(44)45)35(43)40-18-6-3-5-16-38-32(42)15-19-47-48-33-8-4-7-17-39-33/h4,7-14,17,20-22,37H,3,5-6,15-16,18-19H2,1-2H3,(H,38,42)(H,40,43)(H,44,45). The van der Waals surface area contributed by atoms with Crippen LogP contribution in [0.15, 0.2) is 88.4 Å². The molecule has 3 aromatic rings. The highest BCUT2D eigenvalue weighted by molar-refractivity contribution is 8.76. The molecule has 0 saturated heterocycles. The van der Waals surface area contributed by atoms with Crippen molar-refractivity contribution in [2.24, 2.45) is 0 Å². The van der Waals surface area contributed by atoms with Gasteiger partial charge in [0.1, 0.15) is 16.4 Å². The van der Waals surface area contributed by atoms with Gasteiger partial charge < -0.3 is 30.5 Å². The number of anilines is 1. The third kappa shape index (κ3) is 8.75. The number of carboxylic acids is 1. The Morgan fingerprint density at radius 1 is 0.917 bits per heavy atom. The minimum atomic E-state index is -1.16. The molecule has 2 heterocycles. The van der Waals surface area contributed by atoms with E-state index in [4.69, 9.17) is 9.83 Å². The van der Waals surface area contributed by atoms with E-state index in [2.05, 4.69) is 15.6 Å². The molecular weight excluding hydrogens is 647 g/mol. The number of nitrogens with zero attached hydrogens (tertiary/aromatic N) is 2. The fraction of sp³-hybridized carbons (Fsp3) is 0.250. The molecule has 5 rings (SSSR count). The van der Waals surface area contributed by atoms with E-state index in [0.29, 0.717) is 53.3 Å². The van der Waals surface area contributed by atoms with Gasteiger partial charge in [-0.25, -0.2) is 9.78 Å². The molecule has 0 unspecified atom stereocenters. The lowest BCUT2D eigenvalue weighted by molar-refractivity contribution is -0.120. The van der Waals surface area contributed by atoms with Gasteiger partial charge >= 0.3 is 5.97 Å². The number of benzene rings is 3. The predicted octanol–water partition coefficient (Wildman–Crippen LogP) is 6.69. The second-order valence-corrected chi connectivity index (χ2v) is 13.8. The number of hydrogen-bond acceptors (Lipinski definition) is 9. The minimum absolute atomic E-state index is 0.00689. The van der Waals surface area contributed by atoms with Gasteiger partial charge in [0.15, 0.2) is 0 Å². The van der Waals surface area contributed by atoms with E-state index < -0.39 is 5.97 Å². The Balaban J connectivity index is 1.17. The molecule has 0 radical (unpaired) electrons. The summed E-state index contributed by atoms with van der Waals surface area (Å²) >= 11 is 0. The predicted molar refractivity (Wildman–Crippen MR) is 192 cm³/mol. The number of carbonyl (C=O) groups is 3. The topological polar surface area (TPSA) is 149 Å². The number of carbonyl (C=O) groups excluding carboxylic acids is 2. The van der Waals surface area contributed by atoms with E-state index in [0.717, 1.165) is 35.4 Å². The molecule has 0 fully saturated rings. The van der Waals surface area contributed by atoms with Crippen LogP contribution >= 0.6 is 21.6 Å². The zero-order valence-electron chi connectivity index (χ0n) is 26.7. The SMILES string of the molecule is CN(C)c1ccc2c(-c3ccc(C(=O)NCCCCCNC(=O)CCSSc4ccccn4)cc3C(=O)O)c3ccc(=N)cc-3oc2c1. The van der Waals surface area contributed by atoms with Gasteiger partial charge in [-0.1, -0.05) is 22.9 Å². The Labute approximate surface area is 286 Å². The van der Waals surface area contributed by atoms with Crippen LogP contribution in [0.5, 0.6) is 0 Å². The van der Waals surface area contributed by atoms with Crippen LogP contribution in [0, 0.1) is 5.41 Å². The van der Waals surface area contributed by atoms with Crippen LogP contribution in [0.2, 0.25) is 0 Å². The van der Waals surface area contributed by atoms with Crippen LogP contribution in [-0.2, 0) is 4.79 Å². The van der Waals surface area contributed by atoms with E-state index in [9.17, 15) is 19.5 Å².